The molecule has 1 aliphatic heterocycles. The van der Waals surface area contributed by atoms with Gasteiger partial charge in [0.1, 0.15) is 0 Å². The first-order valence-electron chi connectivity index (χ1n) is 9.93. The third kappa shape index (κ3) is 8.41. The number of rotatable bonds is 9. The number of carbonyl (C=O) groups is 1. The van der Waals surface area contributed by atoms with Gasteiger partial charge in [-0.2, -0.15) is 0 Å². The zero-order chi connectivity index (χ0) is 18.8. The number of nitrogens with zero attached hydrogens (tertiary/aromatic N) is 3. The number of carbonyl (C=O) groups excluding carboxylic acids is 1. The predicted molar refractivity (Wildman–Crippen MR) is 121 cm³/mol. The van der Waals surface area contributed by atoms with Crippen LogP contribution in [0.5, 0.6) is 0 Å². The summed E-state index contributed by atoms with van der Waals surface area (Å²) in [6, 6.07) is 0.800. The number of nitrogens with one attached hydrogen (secondary N) is 2. The van der Waals surface area contributed by atoms with E-state index in [1.807, 2.05) is 18.9 Å². The summed E-state index contributed by atoms with van der Waals surface area (Å²) in [4.78, 5) is 20.7. The normalized spacial score (nSPS) is 18.8. The van der Waals surface area contributed by atoms with Crippen molar-refractivity contribution < 1.29 is 4.79 Å². The van der Waals surface area contributed by atoms with E-state index in [2.05, 4.69) is 48.2 Å². The number of guanidine groups is 1. The lowest BCUT2D eigenvalue weighted by Crippen LogP contribution is -2.50. The van der Waals surface area contributed by atoms with Gasteiger partial charge in [0.2, 0.25) is 5.91 Å². The van der Waals surface area contributed by atoms with E-state index in [4.69, 9.17) is 0 Å². The van der Waals surface area contributed by atoms with Crippen LogP contribution < -0.4 is 10.6 Å². The maximum absolute atomic E-state index is 11.8. The van der Waals surface area contributed by atoms with Crippen LogP contribution in [0.3, 0.4) is 0 Å². The Morgan fingerprint density at radius 1 is 1.27 bits per heavy atom. The lowest BCUT2D eigenvalue weighted by Gasteiger charge is -2.32. The van der Waals surface area contributed by atoms with Crippen LogP contribution in [0, 0.1) is 5.92 Å². The SMILES string of the molecule is CCC(=O)N1CCC(NC(=NC)NCC(CC(C)C)N(CC)CC)C1.I. The van der Waals surface area contributed by atoms with Gasteiger partial charge in [0, 0.05) is 45.2 Å². The minimum Gasteiger partial charge on any atom is -0.355 e. The molecule has 0 radical (unpaired) electrons. The van der Waals surface area contributed by atoms with E-state index in [1.54, 1.807) is 0 Å². The highest BCUT2D eigenvalue weighted by Gasteiger charge is 2.26. The third-order valence-electron chi connectivity index (χ3n) is 4.99. The van der Waals surface area contributed by atoms with Crippen molar-refractivity contribution >= 4 is 35.8 Å². The molecule has 0 saturated carbocycles. The van der Waals surface area contributed by atoms with Crippen LogP contribution in [0.2, 0.25) is 0 Å². The summed E-state index contributed by atoms with van der Waals surface area (Å²) in [5.74, 6) is 1.76. The molecule has 2 atom stereocenters. The Kier molecular flexibility index (Phi) is 13.3. The molecule has 1 heterocycles. The molecule has 0 spiro atoms. The maximum atomic E-state index is 11.8. The Labute approximate surface area is 177 Å². The van der Waals surface area contributed by atoms with Gasteiger partial charge in [0.15, 0.2) is 5.96 Å². The highest BCUT2D eigenvalue weighted by molar-refractivity contribution is 14.0. The second-order valence-corrected chi connectivity index (χ2v) is 7.28. The topological polar surface area (TPSA) is 60.0 Å². The van der Waals surface area contributed by atoms with Crippen LogP contribution in [-0.2, 0) is 4.79 Å². The smallest absolute Gasteiger partial charge is 0.222 e. The molecule has 1 aliphatic rings. The first kappa shape index (κ1) is 25.4. The zero-order valence-electron chi connectivity index (χ0n) is 17.5. The Morgan fingerprint density at radius 3 is 2.42 bits per heavy atom. The molecule has 26 heavy (non-hydrogen) atoms. The maximum Gasteiger partial charge on any atom is 0.222 e. The van der Waals surface area contributed by atoms with E-state index in [0.29, 0.717) is 24.4 Å². The van der Waals surface area contributed by atoms with E-state index in [9.17, 15) is 4.79 Å². The van der Waals surface area contributed by atoms with Gasteiger partial charge in [-0.3, -0.25) is 14.7 Å². The summed E-state index contributed by atoms with van der Waals surface area (Å²) < 4.78 is 0. The highest BCUT2D eigenvalue weighted by atomic mass is 127. The van der Waals surface area contributed by atoms with Crippen molar-refractivity contribution in [1.29, 1.82) is 0 Å². The van der Waals surface area contributed by atoms with Crippen molar-refractivity contribution in [2.24, 2.45) is 10.9 Å². The molecule has 6 nitrogen and oxygen atoms in total. The summed E-state index contributed by atoms with van der Waals surface area (Å²) in [6.07, 6.45) is 2.74. The van der Waals surface area contributed by atoms with E-state index in [-0.39, 0.29) is 29.9 Å². The van der Waals surface area contributed by atoms with Gasteiger partial charge in [0.25, 0.3) is 0 Å². The highest BCUT2D eigenvalue weighted by Crippen LogP contribution is 2.12. The number of amides is 1. The molecule has 2 unspecified atom stereocenters. The number of aliphatic imine (C=N–C) groups is 1. The first-order chi connectivity index (χ1) is 11.9. The molecule has 154 valence electrons. The zero-order valence-corrected chi connectivity index (χ0v) is 19.9. The molecular weight excluding hydrogens is 441 g/mol. The average Bonchev–Trinajstić information content (AvgIpc) is 3.06. The number of hydrogen-bond donors (Lipinski definition) is 2. The Balaban J connectivity index is 0.00000625. The van der Waals surface area contributed by atoms with Gasteiger partial charge < -0.3 is 15.5 Å². The molecule has 2 N–H and O–H groups in total. The monoisotopic (exact) mass is 481 g/mol. The van der Waals surface area contributed by atoms with Gasteiger partial charge in [0.05, 0.1) is 0 Å². The van der Waals surface area contributed by atoms with Gasteiger partial charge in [-0.25, -0.2) is 0 Å². The summed E-state index contributed by atoms with van der Waals surface area (Å²) >= 11 is 0. The molecule has 0 bridgehead atoms. The average molecular weight is 481 g/mol. The van der Waals surface area contributed by atoms with Gasteiger partial charge in [-0.15, -0.1) is 24.0 Å². The summed E-state index contributed by atoms with van der Waals surface area (Å²) in [5.41, 5.74) is 0. The van der Waals surface area contributed by atoms with E-state index in [1.165, 1.54) is 6.42 Å². The van der Waals surface area contributed by atoms with Crippen molar-refractivity contribution in [3.63, 3.8) is 0 Å². The van der Waals surface area contributed by atoms with Gasteiger partial charge in [-0.05, 0) is 31.8 Å². The quantitative estimate of drug-likeness (QED) is 0.302. The third-order valence-corrected chi connectivity index (χ3v) is 4.99. The molecule has 0 aromatic heterocycles. The number of likely N-dealkylation sites (N-methyl/N-ethyl adjacent to an activating group) is 1. The van der Waals surface area contributed by atoms with Crippen LogP contribution in [0.4, 0.5) is 0 Å². The van der Waals surface area contributed by atoms with Gasteiger partial charge in [-0.1, -0.05) is 34.6 Å². The lowest BCUT2D eigenvalue weighted by atomic mass is 10.0. The van der Waals surface area contributed by atoms with Crippen molar-refractivity contribution in [3.05, 3.63) is 0 Å². The van der Waals surface area contributed by atoms with Crippen LogP contribution in [0.15, 0.2) is 4.99 Å². The van der Waals surface area contributed by atoms with Crippen molar-refractivity contribution in [2.75, 3.05) is 39.8 Å². The Morgan fingerprint density at radius 2 is 1.92 bits per heavy atom. The Hall–Kier alpha value is -0.570. The van der Waals surface area contributed by atoms with Crippen LogP contribution in [0.1, 0.15) is 53.9 Å². The van der Waals surface area contributed by atoms with E-state index in [0.717, 1.165) is 45.1 Å². The Bertz CT molecular complexity index is 426. The van der Waals surface area contributed by atoms with Crippen molar-refractivity contribution in [3.8, 4) is 0 Å². The summed E-state index contributed by atoms with van der Waals surface area (Å²) in [5, 5.41) is 6.99. The molecule has 1 amide bonds. The molecule has 0 aliphatic carbocycles. The molecule has 7 heteroatoms. The fourth-order valence-electron chi connectivity index (χ4n) is 3.58. The van der Waals surface area contributed by atoms with E-state index < -0.39 is 0 Å². The van der Waals surface area contributed by atoms with Crippen LogP contribution in [-0.4, -0.2) is 73.5 Å². The van der Waals surface area contributed by atoms with E-state index >= 15 is 0 Å². The number of hydrogen-bond acceptors (Lipinski definition) is 3. The predicted octanol–water partition coefficient (Wildman–Crippen LogP) is 2.54. The minimum absolute atomic E-state index is 0. The molecule has 1 rings (SSSR count). The van der Waals surface area contributed by atoms with Crippen LogP contribution in [0.25, 0.3) is 0 Å². The molecular formula is C19H40IN5O. The summed E-state index contributed by atoms with van der Waals surface area (Å²) in [6.45, 7) is 15.6. The first-order valence-corrected chi connectivity index (χ1v) is 9.93. The lowest BCUT2D eigenvalue weighted by molar-refractivity contribution is -0.129. The van der Waals surface area contributed by atoms with Crippen molar-refractivity contribution in [2.45, 2.75) is 66.0 Å². The minimum atomic E-state index is 0. The molecule has 1 saturated heterocycles. The fourth-order valence-corrected chi connectivity index (χ4v) is 3.58. The van der Waals surface area contributed by atoms with Crippen molar-refractivity contribution in [1.82, 2.24) is 20.4 Å². The fraction of sp³-hybridized carbons (Fsp3) is 0.895. The molecule has 1 fully saturated rings. The summed E-state index contributed by atoms with van der Waals surface area (Å²) in [7, 11) is 1.81. The number of likely N-dealkylation sites (tertiary alicyclic amines) is 1. The second kappa shape index (κ2) is 13.6. The van der Waals surface area contributed by atoms with Crippen LogP contribution >= 0.6 is 24.0 Å². The van der Waals surface area contributed by atoms with Gasteiger partial charge >= 0.3 is 0 Å². The standard InChI is InChI=1S/C19H39N5O.HI/c1-7-18(25)24-11-10-16(14-24)22-19(20-6)21-13-17(12-15(4)5)23(8-2)9-3;/h15-17H,7-14H2,1-6H3,(H2,20,21,22);1H. The second-order valence-electron chi connectivity index (χ2n) is 7.28. The number of halogens is 1. The molecule has 0 aromatic carbocycles. The largest absolute Gasteiger partial charge is 0.355 e. The molecule has 0 aromatic rings.